The Hall–Kier alpha value is -0.0800. The second kappa shape index (κ2) is 9.90. The lowest BCUT2D eigenvalue weighted by Crippen LogP contribution is -2.36. The molecule has 0 heterocycles. The molecule has 2 N–H and O–H groups in total. The highest BCUT2D eigenvalue weighted by atomic mass is 16.3. The average Bonchev–Trinajstić information content (AvgIpc) is 2.37. The monoisotopic (exact) mass is 241 g/mol. The van der Waals surface area contributed by atoms with Crippen LogP contribution in [-0.4, -0.2) is 23.8 Å². The van der Waals surface area contributed by atoms with E-state index in [2.05, 4.69) is 12.2 Å². The molecule has 1 rings (SSSR count). The minimum absolute atomic E-state index is 0.126. The fourth-order valence-corrected chi connectivity index (χ4v) is 2.69. The van der Waals surface area contributed by atoms with Crippen LogP contribution in [0.3, 0.4) is 0 Å². The first kappa shape index (κ1) is 15.0. The molecule has 0 aromatic carbocycles. The van der Waals surface area contributed by atoms with Crippen molar-refractivity contribution in [3.63, 3.8) is 0 Å². The molecule has 0 aromatic rings. The molecule has 0 saturated heterocycles. The molecule has 1 atom stereocenters. The molecule has 1 saturated carbocycles. The van der Waals surface area contributed by atoms with E-state index < -0.39 is 0 Å². The van der Waals surface area contributed by atoms with E-state index in [0.717, 1.165) is 13.0 Å². The van der Waals surface area contributed by atoms with Crippen LogP contribution in [0.5, 0.6) is 0 Å². The molecule has 102 valence electrons. The van der Waals surface area contributed by atoms with Gasteiger partial charge < -0.3 is 10.4 Å². The van der Waals surface area contributed by atoms with E-state index in [1.807, 2.05) is 0 Å². The van der Waals surface area contributed by atoms with E-state index in [9.17, 15) is 5.11 Å². The zero-order valence-electron chi connectivity index (χ0n) is 11.6. The molecule has 2 heteroatoms. The van der Waals surface area contributed by atoms with Crippen LogP contribution in [-0.2, 0) is 0 Å². The number of aliphatic hydroxyl groups is 1. The minimum Gasteiger partial charge on any atom is -0.392 e. The van der Waals surface area contributed by atoms with Gasteiger partial charge in [-0.15, -0.1) is 0 Å². The molecule has 0 aromatic heterocycles. The van der Waals surface area contributed by atoms with Crippen molar-refractivity contribution >= 4 is 0 Å². The van der Waals surface area contributed by atoms with Gasteiger partial charge in [0.15, 0.2) is 0 Å². The number of hydrogen-bond acceptors (Lipinski definition) is 2. The van der Waals surface area contributed by atoms with Crippen LogP contribution >= 0.6 is 0 Å². The van der Waals surface area contributed by atoms with E-state index in [4.69, 9.17) is 0 Å². The number of unbranched alkanes of at least 4 members (excludes halogenated alkanes) is 4. The zero-order chi connectivity index (χ0) is 12.3. The number of rotatable bonds is 9. The van der Waals surface area contributed by atoms with Gasteiger partial charge in [0.1, 0.15) is 0 Å². The highest BCUT2D eigenvalue weighted by Crippen LogP contribution is 2.17. The molecule has 1 aliphatic carbocycles. The van der Waals surface area contributed by atoms with E-state index in [1.54, 1.807) is 0 Å². The maximum absolute atomic E-state index is 9.87. The molecule has 1 unspecified atom stereocenters. The molecule has 0 radical (unpaired) electrons. The molecule has 17 heavy (non-hydrogen) atoms. The summed E-state index contributed by atoms with van der Waals surface area (Å²) >= 11 is 0. The van der Waals surface area contributed by atoms with Crippen molar-refractivity contribution in [2.24, 2.45) is 0 Å². The van der Waals surface area contributed by atoms with Crippen LogP contribution in [0.25, 0.3) is 0 Å². The normalized spacial score (nSPS) is 19.4. The summed E-state index contributed by atoms with van der Waals surface area (Å²) in [4.78, 5) is 0. The topological polar surface area (TPSA) is 32.3 Å². The minimum atomic E-state index is -0.126. The van der Waals surface area contributed by atoms with Gasteiger partial charge in [0.2, 0.25) is 0 Å². The van der Waals surface area contributed by atoms with Crippen LogP contribution in [0, 0.1) is 0 Å². The predicted molar refractivity (Wildman–Crippen MR) is 74.3 cm³/mol. The largest absolute Gasteiger partial charge is 0.392 e. The van der Waals surface area contributed by atoms with Gasteiger partial charge in [0.25, 0.3) is 0 Å². The van der Waals surface area contributed by atoms with Gasteiger partial charge in [0, 0.05) is 12.6 Å². The van der Waals surface area contributed by atoms with Gasteiger partial charge in [-0.25, -0.2) is 0 Å². The summed E-state index contributed by atoms with van der Waals surface area (Å²) in [5.74, 6) is 0. The third-order valence-electron chi connectivity index (χ3n) is 3.89. The fraction of sp³-hybridized carbons (Fsp3) is 1.00. The van der Waals surface area contributed by atoms with Crippen molar-refractivity contribution in [1.29, 1.82) is 0 Å². The Labute approximate surface area is 107 Å². The quantitative estimate of drug-likeness (QED) is 0.604. The summed E-state index contributed by atoms with van der Waals surface area (Å²) in [5, 5.41) is 13.4. The Morgan fingerprint density at radius 1 is 1.06 bits per heavy atom. The smallest absolute Gasteiger partial charge is 0.0664 e. The lowest BCUT2D eigenvalue weighted by molar-refractivity contribution is 0.150. The molecule has 1 fully saturated rings. The lowest BCUT2D eigenvalue weighted by Gasteiger charge is -2.24. The fourth-order valence-electron chi connectivity index (χ4n) is 2.69. The van der Waals surface area contributed by atoms with Gasteiger partial charge >= 0.3 is 0 Å². The molecular weight excluding hydrogens is 210 g/mol. The molecule has 0 amide bonds. The Bertz CT molecular complexity index is 166. The highest BCUT2D eigenvalue weighted by molar-refractivity contribution is 4.73. The first-order chi connectivity index (χ1) is 8.33. The van der Waals surface area contributed by atoms with Crippen LogP contribution in [0.1, 0.15) is 77.6 Å². The Balaban J connectivity index is 1.91. The van der Waals surface area contributed by atoms with Crippen LogP contribution in [0.2, 0.25) is 0 Å². The summed E-state index contributed by atoms with van der Waals surface area (Å²) in [6.45, 7) is 3.04. The summed E-state index contributed by atoms with van der Waals surface area (Å²) in [6.07, 6.45) is 14.0. The molecule has 0 spiro atoms. The maximum Gasteiger partial charge on any atom is 0.0664 e. The van der Waals surface area contributed by atoms with Crippen molar-refractivity contribution in [3.8, 4) is 0 Å². The van der Waals surface area contributed by atoms with Crippen LogP contribution in [0.4, 0.5) is 0 Å². The maximum atomic E-state index is 9.87. The number of hydrogen-bond donors (Lipinski definition) is 2. The van der Waals surface area contributed by atoms with E-state index in [-0.39, 0.29) is 6.10 Å². The average molecular weight is 241 g/mol. The van der Waals surface area contributed by atoms with Crippen molar-refractivity contribution < 1.29 is 5.11 Å². The first-order valence-corrected chi connectivity index (χ1v) is 7.74. The van der Waals surface area contributed by atoms with Gasteiger partial charge in [-0.1, -0.05) is 58.3 Å². The second-order valence-corrected chi connectivity index (χ2v) is 5.60. The summed E-state index contributed by atoms with van der Waals surface area (Å²) in [6, 6.07) is 0.679. The molecular formula is C15H31NO. The Morgan fingerprint density at radius 3 is 2.47 bits per heavy atom. The van der Waals surface area contributed by atoms with Crippen LogP contribution < -0.4 is 5.32 Å². The van der Waals surface area contributed by atoms with E-state index in [1.165, 1.54) is 64.2 Å². The van der Waals surface area contributed by atoms with Gasteiger partial charge in [0.05, 0.1) is 6.10 Å². The third-order valence-corrected chi connectivity index (χ3v) is 3.89. The second-order valence-electron chi connectivity index (χ2n) is 5.60. The third kappa shape index (κ3) is 7.77. The molecule has 0 aliphatic heterocycles. The van der Waals surface area contributed by atoms with Gasteiger partial charge in [-0.3, -0.25) is 0 Å². The Morgan fingerprint density at radius 2 is 1.76 bits per heavy atom. The van der Waals surface area contributed by atoms with Crippen LogP contribution in [0.15, 0.2) is 0 Å². The summed E-state index contributed by atoms with van der Waals surface area (Å²) in [5.41, 5.74) is 0. The Kier molecular flexibility index (Phi) is 8.72. The lowest BCUT2D eigenvalue weighted by atomic mass is 9.95. The summed E-state index contributed by atoms with van der Waals surface area (Å²) in [7, 11) is 0. The van der Waals surface area contributed by atoms with Crippen molar-refractivity contribution in [2.45, 2.75) is 89.7 Å². The summed E-state index contributed by atoms with van der Waals surface area (Å²) < 4.78 is 0. The SMILES string of the molecule is CCCCCCCC(O)CNC1CCCCC1. The zero-order valence-corrected chi connectivity index (χ0v) is 11.6. The van der Waals surface area contributed by atoms with E-state index in [0.29, 0.717) is 6.04 Å². The molecule has 2 nitrogen and oxygen atoms in total. The number of aliphatic hydroxyl groups excluding tert-OH is 1. The molecule has 1 aliphatic rings. The van der Waals surface area contributed by atoms with Crippen molar-refractivity contribution in [3.05, 3.63) is 0 Å². The van der Waals surface area contributed by atoms with Crippen molar-refractivity contribution in [2.75, 3.05) is 6.54 Å². The van der Waals surface area contributed by atoms with E-state index >= 15 is 0 Å². The predicted octanol–water partition coefficient (Wildman–Crippen LogP) is 3.63. The van der Waals surface area contributed by atoms with Gasteiger partial charge in [-0.05, 0) is 19.3 Å². The molecule has 0 bridgehead atoms. The van der Waals surface area contributed by atoms with Crippen molar-refractivity contribution in [1.82, 2.24) is 5.32 Å². The standard InChI is InChI=1S/C15H31NO/c1-2-3-4-5-9-12-15(17)13-16-14-10-7-6-8-11-14/h14-17H,2-13H2,1H3. The first-order valence-electron chi connectivity index (χ1n) is 7.74. The number of nitrogens with one attached hydrogen (secondary N) is 1. The van der Waals surface area contributed by atoms with Gasteiger partial charge in [-0.2, -0.15) is 0 Å². The highest BCUT2D eigenvalue weighted by Gasteiger charge is 2.13.